The number of piperazine rings is 1. The fourth-order valence-electron chi connectivity index (χ4n) is 4.29. The molecule has 0 spiro atoms. The van der Waals surface area contributed by atoms with Crippen LogP contribution >= 0.6 is 0 Å². The summed E-state index contributed by atoms with van der Waals surface area (Å²) in [6.45, 7) is 8.67. The van der Waals surface area contributed by atoms with Gasteiger partial charge < -0.3 is 19.5 Å². The average molecular weight is 469 g/mol. The lowest BCUT2D eigenvalue weighted by atomic mass is 10.0. The van der Waals surface area contributed by atoms with Crippen molar-refractivity contribution in [2.24, 2.45) is 0 Å². The molecule has 1 N–H and O–H groups in total. The molecule has 4 rings (SSSR count). The summed E-state index contributed by atoms with van der Waals surface area (Å²) in [6, 6.07) is 10.7. The van der Waals surface area contributed by atoms with Crippen LogP contribution in [0.25, 0.3) is 11.3 Å². The first-order valence-corrected chi connectivity index (χ1v) is 11.7. The summed E-state index contributed by atoms with van der Waals surface area (Å²) >= 11 is 0. The number of carbonyl (C=O) groups is 1. The Kier molecular flexibility index (Phi) is 7.57. The molecule has 2 aromatic carbocycles. The summed E-state index contributed by atoms with van der Waals surface area (Å²) in [5.74, 6) is -0.217. The molecule has 1 saturated heterocycles. The second-order valence-electron chi connectivity index (χ2n) is 8.51. The molecule has 8 heteroatoms. The normalized spacial score (nSPS) is 15.4. The van der Waals surface area contributed by atoms with Crippen LogP contribution in [-0.4, -0.2) is 48.5 Å². The fourth-order valence-corrected chi connectivity index (χ4v) is 4.29. The van der Waals surface area contributed by atoms with Gasteiger partial charge in [0.1, 0.15) is 11.6 Å². The molecule has 180 valence electrons. The minimum absolute atomic E-state index is 0.154. The van der Waals surface area contributed by atoms with Gasteiger partial charge in [0.15, 0.2) is 11.7 Å². The van der Waals surface area contributed by atoms with Crippen LogP contribution in [0.15, 0.2) is 53.1 Å². The largest absolute Gasteiger partial charge is 0.441 e. The topological polar surface area (TPSA) is 61.6 Å². The molecule has 1 amide bonds. The van der Waals surface area contributed by atoms with Crippen molar-refractivity contribution in [3.8, 4) is 11.3 Å². The van der Waals surface area contributed by atoms with Gasteiger partial charge in [-0.05, 0) is 43.8 Å². The Hall–Kier alpha value is -3.26. The number of rotatable bonds is 8. The molecule has 1 atom stereocenters. The Morgan fingerprint density at radius 2 is 1.91 bits per heavy atom. The van der Waals surface area contributed by atoms with Crippen molar-refractivity contribution in [3.63, 3.8) is 0 Å². The van der Waals surface area contributed by atoms with Crippen LogP contribution in [0.2, 0.25) is 0 Å². The van der Waals surface area contributed by atoms with Gasteiger partial charge in [0.05, 0.1) is 17.8 Å². The molecule has 0 saturated carbocycles. The number of nitrogens with zero attached hydrogens (tertiary/aromatic N) is 3. The van der Waals surface area contributed by atoms with Crippen molar-refractivity contribution in [1.82, 2.24) is 15.2 Å². The molecule has 3 aromatic rings. The predicted octanol–water partition coefficient (Wildman–Crippen LogP) is 4.57. The molecule has 0 aliphatic carbocycles. The highest BCUT2D eigenvalue weighted by Gasteiger charge is 2.22. The Bertz CT molecular complexity index is 1130. The Balaban J connectivity index is 1.37. The Morgan fingerprint density at radius 1 is 1.15 bits per heavy atom. The Morgan fingerprint density at radius 3 is 2.65 bits per heavy atom. The van der Waals surface area contributed by atoms with Crippen molar-refractivity contribution in [3.05, 3.63) is 71.8 Å². The third kappa shape index (κ3) is 5.62. The van der Waals surface area contributed by atoms with Crippen molar-refractivity contribution in [2.75, 3.05) is 37.6 Å². The van der Waals surface area contributed by atoms with Crippen LogP contribution in [0.3, 0.4) is 0 Å². The number of hydrogen-bond acceptors (Lipinski definition) is 5. The van der Waals surface area contributed by atoms with Crippen LogP contribution in [0.4, 0.5) is 14.5 Å². The molecule has 1 fully saturated rings. The number of aromatic nitrogens is 1. The summed E-state index contributed by atoms with van der Waals surface area (Å²) in [5, 5.41) is 2.97. The minimum Gasteiger partial charge on any atom is -0.441 e. The number of benzene rings is 2. The first-order valence-electron chi connectivity index (χ1n) is 11.7. The summed E-state index contributed by atoms with van der Waals surface area (Å²) in [5.41, 5.74) is 2.04. The smallest absolute Gasteiger partial charge is 0.220 e. The number of aryl methyl sites for hydroxylation is 1. The highest BCUT2D eigenvalue weighted by atomic mass is 19.1. The molecule has 1 aliphatic rings. The first-order chi connectivity index (χ1) is 16.4. The summed E-state index contributed by atoms with van der Waals surface area (Å²) in [7, 11) is 0. The maximum atomic E-state index is 14.1. The van der Waals surface area contributed by atoms with Crippen molar-refractivity contribution in [2.45, 2.75) is 32.7 Å². The van der Waals surface area contributed by atoms with E-state index >= 15 is 0 Å². The summed E-state index contributed by atoms with van der Waals surface area (Å²) in [6.07, 6.45) is 1.90. The van der Waals surface area contributed by atoms with Gasteiger partial charge in [0, 0.05) is 50.3 Å². The first kappa shape index (κ1) is 23.9. The number of halogens is 2. The number of carbonyl (C=O) groups excluding carboxylic acids is 1. The van der Waals surface area contributed by atoms with Crippen LogP contribution in [0, 0.1) is 11.6 Å². The standard InChI is InChI=1S/C26H30F2N4O2/c1-3-31-12-14-32(15-13-31)23-9-8-19(27)16-21(23)18(2)30-25(33)10-11-26-29-17-24(34-26)20-6-4-5-7-22(20)28/h4-9,16-18H,3,10-15H2,1-2H3,(H,30,33). The quantitative estimate of drug-likeness (QED) is 0.525. The van der Waals surface area contributed by atoms with E-state index in [1.807, 2.05) is 6.92 Å². The lowest BCUT2D eigenvalue weighted by molar-refractivity contribution is -0.121. The zero-order valence-electron chi connectivity index (χ0n) is 19.6. The van der Waals surface area contributed by atoms with Crippen LogP contribution < -0.4 is 10.2 Å². The highest BCUT2D eigenvalue weighted by Crippen LogP contribution is 2.29. The van der Waals surface area contributed by atoms with Gasteiger partial charge in [0.25, 0.3) is 0 Å². The van der Waals surface area contributed by atoms with Gasteiger partial charge in [-0.3, -0.25) is 4.79 Å². The van der Waals surface area contributed by atoms with E-state index in [4.69, 9.17) is 4.42 Å². The lowest BCUT2D eigenvalue weighted by Gasteiger charge is -2.37. The van der Waals surface area contributed by atoms with E-state index in [0.717, 1.165) is 44.0 Å². The van der Waals surface area contributed by atoms with Gasteiger partial charge >= 0.3 is 0 Å². The molecule has 1 unspecified atom stereocenters. The average Bonchev–Trinajstić information content (AvgIpc) is 3.32. The monoisotopic (exact) mass is 468 g/mol. The van der Waals surface area contributed by atoms with Crippen molar-refractivity contribution >= 4 is 11.6 Å². The van der Waals surface area contributed by atoms with Gasteiger partial charge in [0.2, 0.25) is 5.91 Å². The SMILES string of the molecule is CCN1CCN(c2ccc(F)cc2C(C)NC(=O)CCc2ncc(-c3ccccc3F)o2)CC1. The number of nitrogens with one attached hydrogen (secondary N) is 1. The number of anilines is 1. The molecule has 1 aliphatic heterocycles. The van der Waals surface area contributed by atoms with Gasteiger partial charge in [-0.1, -0.05) is 19.1 Å². The molecule has 0 bridgehead atoms. The van der Waals surface area contributed by atoms with Gasteiger partial charge in [-0.25, -0.2) is 13.8 Å². The molecule has 0 radical (unpaired) electrons. The predicted molar refractivity (Wildman–Crippen MR) is 128 cm³/mol. The number of hydrogen-bond donors (Lipinski definition) is 1. The van der Waals surface area contributed by atoms with E-state index in [9.17, 15) is 13.6 Å². The van der Waals surface area contributed by atoms with Gasteiger partial charge in [-0.15, -0.1) is 0 Å². The van der Waals surface area contributed by atoms with E-state index < -0.39 is 5.82 Å². The maximum Gasteiger partial charge on any atom is 0.220 e. The van der Waals surface area contributed by atoms with E-state index in [-0.39, 0.29) is 30.6 Å². The van der Waals surface area contributed by atoms with Gasteiger partial charge in [-0.2, -0.15) is 0 Å². The van der Waals surface area contributed by atoms with E-state index in [2.05, 4.69) is 27.0 Å². The van der Waals surface area contributed by atoms with E-state index in [0.29, 0.717) is 17.2 Å². The Labute approximate surface area is 198 Å². The molecule has 34 heavy (non-hydrogen) atoms. The van der Waals surface area contributed by atoms with Crippen LogP contribution in [0.5, 0.6) is 0 Å². The highest BCUT2D eigenvalue weighted by molar-refractivity contribution is 5.77. The molecule has 2 heterocycles. The lowest BCUT2D eigenvalue weighted by Crippen LogP contribution is -2.46. The summed E-state index contributed by atoms with van der Waals surface area (Å²) < 4.78 is 33.7. The number of amides is 1. The molecular formula is C26H30F2N4O2. The maximum absolute atomic E-state index is 14.1. The fraction of sp³-hybridized carbons (Fsp3) is 0.385. The third-order valence-corrected chi connectivity index (χ3v) is 6.25. The molecule has 1 aromatic heterocycles. The molecule has 6 nitrogen and oxygen atoms in total. The summed E-state index contributed by atoms with van der Waals surface area (Å²) in [4.78, 5) is 21.4. The number of likely N-dealkylation sites (N-methyl/N-ethyl adjacent to an activating group) is 1. The van der Waals surface area contributed by atoms with E-state index in [1.165, 1.54) is 24.4 Å². The van der Waals surface area contributed by atoms with Crippen molar-refractivity contribution < 1.29 is 18.0 Å². The second kappa shape index (κ2) is 10.8. The minimum atomic E-state index is -0.390. The second-order valence-corrected chi connectivity index (χ2v) is 8.51. The molecular weight excluding hydrogens is 438 g/mol. The van der Waals surface area contributed by atoms with E-state index in [1.54, 1.807) is 24.3 Å². The third-order valence-electron chi connectivity index (χ3n) is 6.25. The number of oxazole rings is 1. The zero-order chi connectivity index (χ0) is 24.1. The van der Waals surface area contributed by atoms with Crippen LogP contribution in [-0.2, 0) is 11.2 Å². The van der Waals surface area contributed by atoms with Crippen molar-refractivity contribution in [1.29, 1.82) is 0 Å². The van der Waals surface area contributed by atoms with Crippen LogP contribution in [0.1, 0.15) is 37.8 Å². The zero-order valence-corrected chi connectivity index (χ0v) is 19.6.